The Morgan fingerprint density at radius 1 is 1.20 bits per heavy atom. The normalized spacial score (nSPS) is 21.7. The molecule has 2 aliphatic rings. The zero-order chi connectivity index (χ0) is 14.1. The Kier molecular flexibility index (Phi) is 3.34. The molecule has 2 heterocycles. The molecule has 1 fully saturated rings. The lowest BCUT2D eigenvalue weighted by molar-refractivity contribution is -0.141. The number of para-hydroxylation sites is 1. The molecule has 3 rings (SSSR count). The SMILES string of the molecule is O=C(O)C1CCN(C(=O)N2CCCc3ccccc32)C1. The van der Waals surface area contributed by atoms with E-state index in [4.69, 9.17) is 5.11 Å². The van der Waals surface area contributed by atoms with Crippen LogP contribution in [0.4, 0.5) is 10.5 Å². The van der Waals surface area contributed by atoms with Crippen molar-refractivity contribution in [3.63, 3.8) is 0 Å². The first kappa shape index (κ1) is 13.0. The number of aryl methyl sites for hydroxylation is 1. The number of anilines is 1. The van der Waals surface area contributed by atoms with Crippen LogP contribution in [0.3, 0.4) is 0 Å². The van der Waals surface area contributed by atoms with E-state index >= 15 is 0 Å². The van der Waals surface area contributed by atoms with Gasteiger partial charge < -0.3 is 10.0 Å². The van der Waals surface area contributed by atoms with Crippen LogP contribution >= 0.6 is 0 Å². The molecule has 2 aliphatic heterocycles. The van der Waals surface area contributed by atoms with E-state index < -0.39 is 11.9 Å². The first-order chi connectivity index (χ1) is 9.66. The number of hydrogen-bond acceptors (Lipinski definition) is 2. The molecule has 0 bridgehead atoms. The van der Waals surface area contributed by atoms with Crippen LogP contribution in [-0.4, -0.2) is 41.6 Å². The molecule has 5 heteroatoms. The van der Waals surface area contributed by atoms with Gasteiger partial charge in [0.25, 0.3) is 0 Å². The average Bonchev–Trinajstić information content (AvgIpc) is 2.96. The molecule has 0 spiro atoms. The number of rotatable bonds is 1. The standard InChI is InChI=1S/C15H18N2O3/c18-14(19)12-7-9-16(10-12)15(20)17-8-3-5-11-4-1-2-6-13(11)17/h1-2,4,6,12H,3,5,7-10H2,(H,18,19). The molecule has 0 aromatic heterocycles. The van der Waals surface area contributed by atoms with Crippen molar-refractivity contribution in [3.05, 3.63) is 29.8 Å². The Bertz CT molecular complexity index is 544. The molecule has 1 aromatic carbocycles. The summed E-state index contributed by atoms with van der Waals surface area (Å²) in [5.41, 5.74) is 2.17. The van der Waals surface area contributed by atoms with Gasteiger partial charge in [-0.3, -0.25) is 9.69 Å². The Labute approximate surface area is 117 Å². The minimum Gasteiger partial charge on any atom is -0.481 e. The van der Waals surface area contributed by atoms with Crippen molar-refractivity contribution in [1.82, 2.24) is 4.90 Å². The van der Waals surface area contributed by atoms with Crippen molar-refractivity contribution in [2.24, 2.45) is 5.92 Å². The summed E-state index contributed by atoms with van der Waals surface area (Å²) in [6.07, 6.45) is 2.51. The molecular weight excluding hydrogens is 256 g/mol. The van der Waals surface area contributed by atoms with E-state index in [-0.39, 0.29) is 6.03 Å². The van der Waals surface area contributed by atoms with Crippen molar-refractivity contribution >= 4 is 17.7 Å². The fourth-order valence-corrected chi connectivity index (χ4v) is 3.04. The topological polar surface area (TPSA) is 60.9 Å². The third-order valence-electron chi connectivity index (χ3n) is 4.15. The highest BCUT2D eigenvalue weighted by molar-refractivity contribution is 5.93. The van der Waals surface area contributed by atoms with Crippen LogP contribution in [0.25, 0.3) is 0 Å². The van der Waals surface area contributed by atoms with Gasteiger partial charge in [0.1, 0.15) is 0 Å². The van der Waals surface area contributed by atoms with Gasteiger partial charge >= 0.3 is 12.0 Å². The minimum atomic E-state index is -0.806. The van der Waals surface area contributed by atoms with Gasteiger partial charge in [0.15, 0.2) is 0 Å². The molecule has 1 aromatic rings. The lowest BCUT2D eigenvalue weighted by Crippen LogP contribution is -2.44. The Morgan fingerprint density at radius 3 is 2.75 bits per heavy atom. The number of carbonyl (C=O) groups excluding carboxylic acids is 1. The van der Waals surface area contributed by atoms with Crippen LogP contribution in [0, 0.1) is 5.92 Å². The fraction of sp³-hybridized carbons (Fsp3) is 0.467. The van der Waals surface area contributed by atoms with E-state index in [2.05, 4.69) is 6.07 Å². The van der Waals surface area contributed by atoms with Crippen LogP contribution in [0.15, 0.2) is 24.3 Å². The zero-order valence-electron chi connectivity index (χ0n) is 11.3. The van der Waals surface area contributed by atoms with E-state index in [0.717, 1.165) is 18.5 Å². The van der Waals surface area contributed by atoms with Gasteiger partial charge in [0.05, 0.1) is 5.92 Å². The van der Waals surface area contributed by atoms with Gasteiger partial charge in [-0.2, -0.15) is 0 Å². The summed E-state index contributed by atoms with van der Waals surface area (Å²) >= 11 is 0. The predicted molar refractivity (Wildman–Crippen MR) is 74.8 cm³/mol. The maximum Gasteiger partial charge on any atom is 0.324 e. The molecule has 1 N–H and O–H groups in total. The Hall–Kier alpha value is -2.04. The highest BCUT2D eigenvalue weighted by Crippen LogP contribution is 2.29. The minimum absolute atomic E-state index is 0.0547. The number of amides is 2. The number of carbonyl (C=O) groups is 2. The van der Waals surface area contributed by atoms with Crippen molar-refractivity contribution in [2.75, 3.05) is 24.5 Å². The molecular formula is C15H18N2O3. The molecule has 0 saturated carbocycles. The molecule has 0 radical (unpaired) electrons. The van der Waals surface area contributed by atoms with Crippen LogP contribution in [0.1, 0.15) is 18.4 Å². The first-order valence-electron chi connectivity index (χ1n) is 7.04. The largest absolute Gasteiger partial charge is 0.481 e. The van der Waals surface area contributed by atoms with Gasteiger partial charge in [0.2, 0.25) is 0 Å². The average molecular weight is 274 g/mol. The van der Waals surface area contributed by atoms with Crippen molar-refractivity contribution in [1.29, 1.82) is 0 Å². The number of urea groups is 1. The summed E-state index contributed by atoms with van der Waals surface area (Å²) in [5.74, 6) is -1.22. The van der Waals surface area contributed by atoms with Crippen molar-refractivity contribution in [3.8, 4) is 0 Å². The van der Waals surface area contributed by atoms with Crippen molar-refractivity contribution in [2.45, 2.75) is 19.3 Å². The summed E-state index contributed by atoms with van der Waals surface area (Å²) in [6.45, 7) is 1.57. The lowest BCUT2D eigenvalue weighted by Gasteiger charge is -2.32. The number of likely N-dealkylation sites (tertiary alicyclic amines) is 1. The molecule has 1 atom stereocenters. The Balaban J connectivity index is 1.78. The second kappa shape index (κ2) is 5.15. The highest BCUT2D eigenvalue weighted by atomic mass is 16.4. The van der Waals surface area contributed by atoms with Gasteiger partial charge in [-0.15, -0.1) is 0 Å². The molecule has 2 amide bonds. The third-order valence-corrected chi connectivity index (χ3v) is 4.15. The number of hydrogen-bond donors (Lipinski definition) is 1. The molecule has 20 heavy (non-hydrogen) atoms. The monoisotopic (exact) mass is 274 g/mol. The maximum absolute atomic E-state index is 12.6. The van der Waals surface area contributed by atoms with Gasteiger partial charge in [0, 0.05) is 25.3 Å². The number of carboxylic acids is 1. The van der Waals surface area contributed by atoms with E-state index in [0.29, 0.717) is 26.1 Å². The fourth-order valence-electron chi connectivity index (χ4n) is 3.04. The van der Waals surface area contributed by atoms with Gasteiger partial charge in [-0.1, -0.05) is 18.2 Å². The molecule has 0 aliphatic carbocycles. The number of carboxylic acid groups (broad SMARTS) is 1. The second-order valence-corrected chi connectivity index (χ2v) is 5.44. The van der Waals surface area contributed by atoms with Crippen LogP contribution < -0.4 is 4.90 Å². The highest BCUT2D eigenvalue weighted by Gasteiger charge is 2.34. The van der Waals surface area contributed by atoms with Crippen molar-refractivity contribution < 1.29 is 14.7 Å². The Morgan fingerprint density at radius 2 is 2.00 bits per heavy atom. The summed E-state index contributed by atoms with van der Waals surface area (Å²) < 4.78 is 0. The summed E-state index contributed by atoms with van der Waals surface area (Å²) in [4.78, 5) is 27.0. The molecule has 1 unspecified atom stereocenters. The molecule has 106 valence electrons. The number of nitrogens with zero attached hydrogens (tertiary/aromatic N) is 2. The van der Waals surface area contributed by atoms with E-state index in [1.54, 1.807) is 9.80 Å². The van der Waals surface area contributed by atoms with E-state index in [1.807, 2.05) is 18.2 Å². The maximum atomic E-state index is 12.6. The van der Waals surface area contributed by atoms with Crippen LogP contribution in [0.5, 0.6) is 0 Å². The number of aliphatic carboxylic acids is 1. The van der Waals surface area contributed by atoms with Crippen LogP contribution in [-0.2, 0) is 11.2 Å². The summed E-state index contributed by atoms with van der Waals surface area (Å²) in [5, 5.41) is 9.03. The second-order valence-electron chi connectivity index (χ2n) is 5.44. The van der Waals surface area contributed by atoms with E-state index in [1.165, 1.54) is 5.56 Å². The smallest absolute Gasteiger partial charge is 0.324 e. The molecule has 1 saturated heterocycles. The predicted octanol–water partition coefficient (Wildman–Crippen LogP) is 1.97. The lowest BCUT2D eigenvalue weighted by atomic mass is 10.0. The number of fused-ring (bicyclic) bond motifs is 1. The summed E-state index contributed by atoms with van der Waals surface area (Å²) in [6, 6.07) is 7.90. The van der Waals surface area contributed by atoms with Gasteiger partial charge in [-0.05, 0) is 30.9 Å². The zero-order valence-corrected chi connectivity index (χ0v) is 11.3. The summed E-state index contributed by atoms with van der Waals surface area (Å²) in [7, 11) is 0. The first-order valence-corrected chi connectivity index (χ1v) is 7.04. The van der Waals surface area contributed by atoms with E-state index in [9.17, 15) is 9.59 Å². The number of benzene rings is 1. The third kappa shape index (κ3) is 2.24. The van der Waals surface area contributed by atoms with Crippen LogP contribution in [0.2, 0.25) is 0 Å². The van der Waals surface area contributed by atoms with Gasteiger partial charge in [-0.25, -0.2) is 4.79 Å². The molecule has 5 nitrogen and oxygen atoms in total. The quantitative estimate of drug-likeness (QED) is 0.851.